The van der Waals surface area contributed by atoms with Crippen molar-refractivity contribution in [1.29, 1.82) is 0 Å². The highest BCUT2D eigenvalue weighted by atomic mass is 19.1. The summed E-state index contributed by atoms with van der Waals surface area (Å²) >= 11 is 0. The highest BCUT2D eigenvalue weighted by Gasteiger charge is 2.47. The normalized spacial score (nSPS) is 17.6. The number of carbonyl (C=O) groups is 2. The van der Waals surface area contributed by atoms with Crippen molar-refractivity contribution in [1.82, 2.24) is 4.90 Å². The largest absolute Gasteiger partial charge is 0.507 e. The van der Waals surface area contributed by atoms with Crippen molar-refractivity contribution in [3.63, 3.8) is 0 Å². The summed E-state index contributed by atoms with van der Waals surface area (Å²) in [5, 5.41) is 11.2. The molecule has 1 aliphatic heterocycles. The third-order valence-electron chi connectivity index (χ3n) is 5.53. The van der Waals surface area contributed by atoms with Gasteiger partial charge in [-0.2, -0.15) is 0 Å². The van der Waals surface area contributed by atoms with Gasteiger partial charge in [-0.05, 0) is 54.8 Å². The van der Waals surface area contributed by atoms with Crippen LogP contribution in [0, 0.1) is 18.7 Å². The van der Waals surface area contributed by atoms with Crippen LogP contribution in [0.5, 0.6) is 5.75 Å². The molecule has 0 radical (unpaired) electrons. The maximum Gasteiger partial charge on any atom is 0.296 e. The number of likely N-dealkylation sites (tertiary alicyclic amines) is 1. The zero-order valence-corrected chi connectivity index (χ0v) is 19.2. The molecule has 34 heavy (non-hydrogen) atoms. The number of ketones is 1. The number of benzene rings is 2. The van der Waals surface area contributed by atoms with Gasteiger partial charge in [-0.25, -0.2) is 4.39 Å². The van der Waals surface area contributed by atoms with E-state index in [0.717, 1.165) is 0 Å². The first-order chi connectivity index (χ1) is 16.2. The van der Waals surface area contributed by atoms with E-state index in [1.807, 2.05) is 13.8 Å². The van der Waals surface area contributed by atoms with Crippen LogP contribution in [0.15, 0.2) is 70.7 Å². The Hall–Kier alpha value is -3.87. The van der Waals surface area contributed by atoms with Gasteiger partial charge in [-0.3, -0.25) is 9.59 Å². The summed E-state index contributed by atoms with van der Waals surface area (Å²) in [6.07, 6.45) is 0. The Morgan fingerprint density at radius 2 is 1.85 bits per heavy atom. The standard InChI is InChI=1S/C27H26FNO5/c1-16(2)15-33-21-6-4-5-19(13-21)25(30)23-24(22-12-7-17(3)34-22)29(27(32)26(23)31)14-18-8-10-20(28)11-9-18/h4-13,16,24,30H,14-15H2,1-3H3/b25-23-. The SMILES string of the molecule is Cc1ccc(C2/C(=C(/O)c3cccc(OCC(C)C)c3)C(=O)C(=O)N2Cc2ccc(F)cc2)o1. The van der Waals surface area contributed by atoms with Gasteiger partial charge in [-0.15, -0.1) is 0 Å². The van der Waals surface area contributed by atoms with Crippen LogP contribution in [0.25, 0.3) is 5.76 Å². The average molecular weight is 464 g/mol. The molecule has 1 atom stereocenters. The molecule has 1 saturated heterocycles. The first-order valence-electron chi connectivity index (χ1n) is 11.1. The van der Waals surface area contributed by atoms with Gasteiger partial charge in [0.25, 0.3) is 11.7 Å². The summed E-state index contributed by atoms with van der Waals surface area (Å²) in [5.74, 6) is -0.471. The molecule has 1 amide bonds. The van der Waals surface area contributed by atoms with Gasteiger partial charge >= 0.3 is 0 Å². The molecule has 176 valence electrons. The van der Waals surface area contributed by atoms with Crippen LogP contribution in [0.3, 0.4) is 0 Å². The topological polar surface area (TPSA) is 80.0 Å². The number of aliphatic hydroxyl groups excluding tert-OH is 1. The van der Waals surface area contributed by atoms with E-state index in [1.165, 1.54) is 17.0 Å². The average Bonchev–Trinajstić information content (AvgIpc) is 3.35. The fraction of sp³-hybridized carbons (Fsp3) is 0.259. The Morgan fingerprint density at radius 1 is 1.12 bits per heavy atom. The summed E-state index contributed by atoms with van der Waals surface area (Å²) in [4.78, 5) is 27.5. The quantitative estimate of drug-likeness (QED) is 0.289. The Balaban J connectivity index is 1.77. The molecule has 0 bridgehead atoms. The van der Waals surface area contributed by atoms with E-state index in [0.29, 0.717) is 40.9 Å². The summed E-state index contributed by atoms with van der Waals surface area (Å²) < 4.78 is 24.9. The lowest BCUT2D eigenvalue weighted by molar-refractivity contribution is -0.140. The zero-order chi connectivity index (χ0) is 24.4. The number of rotatable bonds is 7. The Morgan fingerprint density at radius 3 is 2.50 bits per heavy atom. The molecule has 3 aromatic rings. The van der Waals surface area contributed by atoms with Crippen LogP contribution in [0.1, 0.15) is 42.5 Å². The highest BCUT2D eigenvalue weighted by Crippen LogP contribution is 2.41. The van der Waals surface area contributed by atoms with Crippen molar-refractivity contribution < 1.29 is 28.2 Å². The van der Waals surface area contributed by atoms with Crippen LogP contribution in [-0.4, -0.2) is 28.3 Å². The van der Waals surface area contributed by atoms with Crippen molar-refractivity contribution in [3.8, 4) is 5.75 Å². The smallest absolute Gasteiger partial charge is 0.296 e. The molecule has 7 heteroatoms. The number of aliphatic hydroxyl groups is 1. The Bertz CT molecular complexity index is 1240. The number of hydrogen-bond donors (Lipinski definition) is 1. The summed E-state index contributed by atoms with van der Waals surface area (Å²) in [7, 11) is 0. The van der Waals surface area contributed by atoms with Crippen LogP contribution in [-0.2, 0) is 16.1 Å². The molecule has 0 aliphatic carbocycles. The molecule has 4 rings (SSSR count). The van der Waals surface area contributed by atoms with Gasteiger partial charge in [0, 0.05) is 12.1 Å². The van der Waals surface area contributed by atoms with E-state index in [4.69, 9.17) is 9.15 Å². The minimum Gasteiger partial charge on any atom is -0.507 e. The molecule has 1 aromatic heterocycles. The van der Waals surface area contributed by atoms with Crippen molar-refractivity contribution in [2.45, 2.75) is 33.4 Å². The minimum atomic E-state index is -0.931. The molecular formula is C27H26FNO5. The summed E-state index contributed by atoms with van der Waals surface area (Å²) in [6.45, 7) is 6.35. The van der Waals surface area contributed by atoms with Gasteiger partial charge in [0.2, 0.25) is 0 Å². The summed E-state index contributed by atoms with van der Waals surface area (Å²) in [5.41, 5.74) is 0.928. The van der Waals surface area contributed by atoms with Crippen LogP contribution < -0.4 is 4.74 Å². The van der Waals surface area contributed by atoms with E-state index in [-0.39, 0.29) is 17.9 Å². The number of nitrogens with zero attached hydrogens (tertiary/aromatic N) is 1. The molecule has 1 fully saturated rings. The maximum atomic E-state index is 13.4. The van der Waals surface area contributed by atoms with Crippen molar-refractivity contribution in [2.24, 2.45) is 5.92 Å². The maximum absolute atomic E-state index is 13.4. The summed E-state index contributed by atoms with van der Waals surface area (Å²) in [6, 6.07) is 14.9. The minimum absolute atomic E-state index is 0.0452. The van der Waals surface area contributed by atoms with Gasteiger partial charge in [0.05, 0.1) is 12.2 Å². The third-order valence-corrected chi connectivity index (χ3v) is 5.53. The molecule has 6 nitrogen and oxygen atoms in total. The van der Waals surface area contributed by atoms with E-state index >= 15 is 0 Å². The number of aryl methyl sites for hydroxylation is 1. The molecule has 0 spiro atoms. The molecule has 2 heterocycles. The molecule has 2 aromatic carbocycles. The molecule has 0 saturated carbocycles. The Labute approximate surface area is 197 Å². The van der Waals surface area contributed by atoms with Crippen molar-refractivity contribution in [2.75, 3.05) is 6.61 Å². The fourth-order valence-electron chi connectivity index (χ4n) is 3.88. The third kappa shape index (κ3) is 4.73. The number of hydrogen-bond acceptors (Lipinski definition) is 5. The predicted octanol–water partition coefficient (Wildman–Crippen LogP) is 5.38. The number of ether oxygens (including phenoxy) is 1. The van der Waals surface area contributed by atoms with Gasteiger partial charge in [-0.1, -0.05) is 38.1 Å². The Kier molecular flexibility index (Phi) is 6.54. The number of furan rings is 1. The number of Topliss-reactive ketones (excluding diaryl/α,β-unsaturated/α-hetero) is 1. The number of amides is 1. The van der Waals surface area contributed by atoms with Gasteiger partial charge in [0.15, 0.2) is 0 Å². The van der Waals surface area contributed by atoms with Gasteiger partial charge < -0.3 is 19.2 Å². The lowest BCUT2D eigenvalue weighted by Gasteiger charge is -2.23. The first-order valence-corrected chi connectivity index (χ1v) is 11.1. The van der Waals surface area contributed by atoms with E-state index in [1.54, 1.807) is 55.5 Å². The lowest BCUT2D eigenvalue weighted by atomic mass is 9.99. The second kappa shape index (κ2) is 9.55. The predicted molar refractivity (Wildman–Crippen MR) is 124 cm³/mol. The highest BCUT2D eigenvalue weighted by molar-refractivity contribution is 6.46. The first kappa shape index (κ1) is 23.3. The van der Waals surface area contributed by atoms with Crippen molar-refractivity contribution >= 4 is 17.4 Å². The van der Waals surface area contributed by atoms with E-state index < -0.39 is 23.5 Å². The lowest BCUT2D eigenvalue weighted by Crippen LogP contribution is -2.29. The molecule has 1 aliphatic rings. The van der Waals surface area contributed by atoms with E-state index in [2.05, 4.69) is 0 Å². The fourth-order valence-corrected chi connectivity index (χ4v) is 3.88. The zero-order valence-electron chi connectivity index (χ0n) is 19.2. The molecule has 1 unspecified atom stereocenters. The van der Waals surface area contributed by atoms with Crippen LogP contribution >= 0.6 is 0 Å². The van der Waals surface area contributed by atoms with Crippen LogP contribution in [0.2, 0.25) is 0 Å². The second-order valence-electron chi connectivity index (χ2n) is 8.73. The second-order valence-corrected chi connectivity index (χ2v) is 8.73. The molecule has 1 N–H and O–H groups in total. The van der Waals surface area contributed by atoms with Crippen molar-refractivity contribution in [3.05, 3.63) is 94.7 Å². The van der Waals surface area contributed by atoms with Crippen LogP contribution in [0.4, 0.5) is 4.39 Å². The number of halogens is 1. The van der Waals surface area contributed by atoms with Gasteiger partial charge in [0.1, 0.15) is 34.9 Å². The van der Waals surface area contributed by atoms with E-state index in [9.17, 15) is 19.1 Å². The molecular weight excluding hydrogens is 437 g/mol. The number of carbonyl (C=O) groups excluding carboxylic acids is 2. The monoisotopic (exact) mass is 463 g/mol.